The summed E-state index contributed by atoms with van der Waals surface area (Å²) in [6.07, 6.45) is 4.28. The summed E-state index contributed by atoms with van der Waals surface area (Å²) in [7, 11) is 0. The Kier molecular flexibility index (Phi) is 3.49. The number of anilines is 1. The molecule has 24 heavy (non-hydrogen) atoms. The van der Waals surface area contributed by atoms with Gasteiger partial charge in [0, 0.05) is 5.69 Å². The maximum absolute atomic E-state index is 13.0. The van der Waals surface area contributed by atoms with E-state index in [0.29, 0.717) is 13.2 Å². The highest BCUT2D eigenvalue weighted by Crippen LogP contribution is 2.52. The second-order valence-corrected chi connectivity index (χ2v) is 6.83. The fraction of sp³-hybridized carbons (Fsp3) is 0.474. The van der Waals surface area contributed by atoms with Crippen LogP contribution in [0.5, 0.6) is 0 Å². The zero-order chi connectivity index (χ0) is 16.9. The maximum Gasteiger partial charge on any atom is 0.312 e. The van der Waals surface area contributed by atoms with Crippen molar-refractivity contribution in [2.24, 2.45) is 11.8 Å². The minimum atomic E-state index is -0.692. The van der Waals surface area contributed by atoms with Gasteiger partial charge in [-0.2, -0.15) is 0 Å². The van der Waals surface area contributed by atoms with Gasteiger partial charge in [-0.3, -0.25) is 9.59 Å². The van der Waals surface area contributed by atoms with E-state index in [-0.39, 0.29) is 18.0 Å². The zero-order valence-electron chi connectivity index (χ0n) is 13.9. The molecule has 4 rings (SSSR count). The highest BCUT2D eigenvalue weighted by molar-refractivity contribution is 6.02. The normalized spacial score (nSPS) is 33.2. The number of ether oxygens (including phenoxy) is 2. The van der Waals surface area contributed by atoms with Crippen LogP contribution >= 0.6 is 0 Å². The van der Waals surface area contributed by atoms with Crippen LogP contribution in [0.3, 0.4) is 0 Å². The van der Waals surface area contributed by atoms with E-state index in [4.69, 9.17) is 9.47 Å². The second kappa shape index (κ2) is 5.45. The monoisotopic (exact) mass is 327 g/mol. The van der Waals surface area contributed by atoms with Crippen molar-refractivity contribution in [1.82, 2.24) is 0 Å². The maximum atomic E-state index is 13.0. The largest absolute Gasteiger partial charge is 0.465 e. The number of benzene rings is 1. The average Bonchev–Trinajstić information content (AvgIpc) is 3.22. The Morgan fingerprint density at radius 3 is 2.83 bits per heavy atom. The minimum Gasteiger partial charge on any atom is -0.465 e. The molecule has 5 heteroatoms. The molecular weight excluding hydrogens is 306 g/mol. The number of carbonyl (C=O) groups is 2. The Labute approximate surface area is 141 Å². The molecule has 0 aromatic heterocycles. The Morgan fingerprint density at radius 1 is 1.38 bits per heavy atom. The first-order valence-electron chi connectivity index (χ1n) is 8.47. The molecule has 3 heterocycles. The molecule has 1 aromatic carbocycles. The van der Waals surface area contributed by atoms with Crippen LogP contribution < -0.4 is 4.90 Å². The first-order valence-corrected chi connectivity index (χ1v) is 8.47. The van der Waals surface area contributed by atoms with E-state index in [1.165, 1.54) is 0 Å². The molecule has 3 aliphatic heterocycles. The summed E-state index contributed by atoms with van der Waals surface area (Å²) in [5, 5.41) is 0. The highest BCUT2D eigenvalue weighted by atomic mass is 16.6. The standard InChI is InChI=1S/C19H21NO4/c1-3-10-23-18(22)15-14-8-9-19(24-14)11-20(17(21)16(15)19)13-6-4-12(2)5-7-13/h4-9,14-16H,3,10-11H2,1-2H3/t14-,15?,16-,19?/m1/s1. The SMILES string of the molecule is CCCOC(=O)C1[C@H]2C=CC3(CN(c4ccc(C)cc4)C(=O)[C@@H]13)O2. The van der Waals surface area contributed by atoms with Gasteiger partial charge in [-0.05, 0) is 25.5 Å². The fourth-order valence-corrected chi connectivity index (χ4v) is 4.01. The smallest absolute Gasteiger partial charge is 0.312 e. The number of aryl methyl sites for hydroxylation is 1. The number of esters is 1. The predicted octanol–water partition coefficient (Wildman–Crippen LogP) is 2.23. The van der Waals surface area contributed by atoms with Crippen molar-refractivity contribution in [2.75, 3.05) is 18.1 Å². The van der Waals surface area contributed by atoms with E-state index >= 15 is 0 Å². The van der Waals surface area contributed by atoms with Gasteiger partial charge in [0.1, 0.15) is 11.5 Å². The van der Waals surface area contributed by atoms with Gasteiger partial charge in [0.2, 0.25) is 5.91 Å². The number of nitrogens with zero attached hydrogens (tertiary/aromatic N) is 1. The van der Waals surface area contributed by atoms with Crippen molar-refractivity contribution < 1.29 is 19.1 Å². The number of rotatable bonds is 4. The molecule has 2 saturated heterocycles. The lowest BCUT2D eigenvalue weighted by atomic mass is 9.77. The highest BCUT2D eigenvalue weighted by Gasteiger charge is 2.67. The van der Waals surface area contributed by atoms with Crippen molar-refractivity contribution in [3.63, 3.8) is 0 Å². The van der Waals surface area contributed by atoms with Crippen LogP contribution in [0.25, 0.3) is 0 Å². The Morgan fingerprint density at radius 2 is 2.12 bits per heavy atom. The summed E-state index contributed by atoms with van der Waals surface area (Å²) in [6.45, 7) is 4.79. The first kappa shape index (κ1) is 15.4. The topological polar surface area (TPSA) is 55.8 Å². The lowest BCUT2D eigenvalue weighted by molar-refractivity contribution is -0.152. The van der Waals surface area contributed by atoms with Crippen molar-refractivity contribution in [3.8, 4) is 0 Å². The fourth-order valence-electron chi connectivity index (χ4n) is 4.01. The van der Waals surface area contributed by atoms with Crippen molar-refractivity contribution in [1.29, 1.82) is 0 Å². The van der Waals surface area contributed by atoms with E-state index in [1.807, 2.05) is 50.3 Å². The van der Waals surface area contributed by atoms with Gasteiger partial charge >= 0.3 is 5.97 Å². The van der Waals surface area contributed by atoms with E-state index in [9.17, 15) is 9.59 Å². The third-order valence-corrected chi connectivity index (χ3v) is 5.17. The van der Waals surface area contributed by atoms with Crippen molar-refractivity contribution in [2.45, 2.75) is 32.0 Å². The van der Waals surface area contributed by atoms with Crippen molar-refractivity contribution in [3.05, 3.63) is 42.0 Å². The first-order chi connectivity index (χ1) is 11.6. The molecular formula is C19H21NO4. The number of amides is 1. The number of carbonyl (C=O) groups excluding carboxylic acids is 2. The average molecular weight is 327 g/mol. The second-order valence-electron chi connectivity index (χ2n) is 6.83. The van der Waals surface area contributed by atoms with Gasteiger partial charge in [-0.25, -0.2) is 0 Å². The summed E-state index contributed by atoms with van der Waals surface area (Å²) in [4.78, 5) is 27.2. The molecule has 0 saturated carbocycles. The summed E-state index contributed by atoms with van der Waals surface area (Å²) >= 11 is 0. The van der Waals surface area contributed by atoms with Crippen LogP contribution in [-0.2, 0) is 19.1 Å². The van der Waals surface area contributed by atoms with Gasteiger partial charge in [-0.1, -0.05) is 36.8 Å². The van der Waals surface area contributed by atoms with Gasteiger partial charge in [-0.15, -0.1) is 0 Å². The molecule has 1 amide bonds. The lowest BCUT2D eigenvalue weighted by Crippen LogP contribution is -2.40. The van der Waals surface area contributed by atoms with E-state index in [1.54, 1.807) is 4.90 Å². The molecule has 0 radical (unpaired) electrons. The van der Waals surface area contributed by atoms with Gasteiger partial charge < -0.3 is 14.4 Å². The van der Waals surface area contributed by atoms with E-state index in [0.717, 1.165) is 17.7 Å². The summed E-state index contributed by atoms with van der Waals surface area (Å²) in [5.41, 5.74) is 1.29. The predicted molar refractivity (Wildman–Crippen MR) is 88.5 cm³/mol. The minimum absolute atomic E-state index is 0.0517. The van der Waals surface area contributed by atoms with Crippen LogP contribution in [0.2, 0.25) is 0 Å². The van der Waals surface area contributed by atoms with Crippen LogP contribution in [0.4, 0.5) is 5.69 Å². The Bertz CT molecular complexity index is 711. The van der Waals surface area contributed by atoms with Crippen LogP contribution in [0, 0.1) is 18.8 Å². The van der Waals surface area contributed by atoms with Gasteiger partial charge in [0.05, 0.1) is 25.2 Å². The third-order valence-electron chi connectivity index (χ3n) is 5.17. The zero-order valence-corrected chi connectivity index (χ0v) is 13.9. The lowest BCUT2D eigenvalue weighted by Gasteiger charge is -2.22. The molecule has 1 aromatic rings. The van der Waals surface area contributed by atoms with E-state index < -0.39 is 17.4 Å². The molecule has 0 aliphatic carbocycles. The molecule has 2 unspecified atom stereocenters. The van der Waals surface area contributed by atoms with Crippen molar-refractivity contribution >= 4 is 17.6 Å². The summed E-state index contributed by atoms with van der Waals surface area (Å²) in [6, 6.07) is 7.84. The molecule has 3 aliphatic rings. The Balaban J connectivity index is 1.64. The van der Waals surface area contributed by atoms with Crippen LogP contribution in [0.1, 0.15) is 18.9 Å². The van der Waals surface area contributed by atoms with Crippen LogP contribution in [-0.4, -0.2) is 36.7 Å². The molecule has 4 atom stereocenters. The molecule has 2 fully saturated rings. The third kappa shape index (κ3) is 2.11. The number of hydrogen-bond acceptors (Lipinski definition) is 4. The van der Waals surface area contributed by atoms with Gasteiger partial charge in [0.25, 0.3) is 0 Å². The summed E-state index contributed by atoms with van der Waals surface area (Å²) in [5.74, 6) is -1.40. The number of hydrogen-bond donors (Lipinski definition) is 0. The molecule has 126 valence electrons. The number of fused-ring (bicyclic) bond motifs is 1. The van der Waals surface area contributed by atoms with Crippen LogP contribution in [0.15, 0.2) is 36.4 Å². The molecule has 1 spiro atoms. The summed E-state index contributed by atoms with van der Waals surface area (Å²) < 4.78 is 11.4. The molecule has 2 bridgehead atoms. The molecule has 0 N–H and O–H groups in total. The Hall–Kier alpha value is -2.14. The van der Waals surface area contributed by atoms with Gasteiger partial charge in [0.15, 0.2) is 0 Å². The quantitative estimate of drug-likeness (QED) is 0.629. The molecule has 5 nitrogen and oxygen atoms in total. The van der Waals surface area contributed by atoms with E-state index in [2.05, 4.69) is 0 Å².